The molecule has 1 spiro atoms. The highest BCUT2D eigenvalue weighted by Crippen LogP contribution is 2.35. The van der Waals surface area contributed by atoms with Crippen molar-refractivity contribution >= 4 is 29.4 Å². The predicted octanol–water partition coefficient (Wildman–Crippen LogP) is -1.68. The monoisotopic (exact) mass is 352 g/mol. The lowest BCUT2D eigenvalue weighted by atomic mass is 9.89. The highest BCUT2D eigenvalue weighted by Gasteiger charge is 2.52. The van der Waals surface area contributed by atoms with Gasteiger partial charge >= 0.3 is 6.03 Å². The molecular weight excluding hydrogens is 336 g/mol. The number of carbonyl (C=O) groups excluding carboxylic acids is 3. The molecule has 10 nitrogen and oxygen atoms in total. The van der Waals surface area contributed by atoms with E-state index in [2.05, 4.69) is 25.5 Å². The Balaban J connectivity index is 1.28. The normalized spacial score (nSPS) is 27.5. The van der Waals surface area contributed by atoms with Crippen molar-refractivity contribution in [2.75, 3.05) is 26.2 Å². The predicted molar refractivity (Wildman–Crippen MR) is 81.4 cm³/mol. The SMILES string of the molecule is O=C1NC[C@H](C(=O)NC2COC3(C2)CN(C(=O)c2csnn2)C3)N1. The minimum absolute atomic E-state index is 0.117. The first-order valence-corrected chi connectivity index (χ1v) is 8.43. The number of rotatable bonds is 3. The molecule has 1 aromatic heterocycles. The van der Waals surface area contributed by atoms with Gasteiger partial charge in [-0.1, -0.05) is 4.49 Å². The molecule has 3 N–H and O–H groups in total. The number of aromatic nitrogens is 2. The number of ether oxygens (including phenoxy) is 1. The summed E-state index contributed by atoms with van der Waals surface area (Å²) in [5.74, 6) is -0.370. The number of nitrogens with zero attached hydrogens (tertiary/aromatic N) is 3. The molecule has 4 heterocycles. The topological polar surface area (TPSA) is 126 Å². The van der Waals surface area contributed by atoms with E-state index in [9.17, 15) is 14.4 Å². The van der Waals surface area contributed by atoms with Crippen molar-refractivity contribution in [3.05, 3.63) is 11.1 Å². The van der Waals surface area contributed by atoms with Gasteiger partial charge in [0.1, 0.15) is 11.6 Å². The Morgan fingerprint density at radius 3 is 2.96 bits per heavy atom. The molecule has 2 atom stereocenters. The fraction of sp³-hybridized carbons (Fsp3) is 0.615. The van der Waals surface area contributed by atoms with E-state index in [0.717, 1.165) is 11.5 Å². The van der Waals surface area contributed by atoms with Crippen LogP contribution in [0.1, 0.15) is 16.9 Å². The Hall–Kier alpha value is -2.27. The maximum atomic E-state index is 12.1. The number of hydrogen-bond donors (Lipinski definition) is 3. The quantitative estimate of drug-likeness (QED) is 0.597. The molecule has 3 fully saturated rings. The van der Waals surface area contributed by atoms with Gasteiger partial charge in [0.2, 0.25) is 5.91 Å². The zero-order valence-electron chi connectivity index (χ0n) is 12.7. The smallest absolute Gasteiger partial charge is 0.315 e. The third-order valence-corrected chi connectivity index (χ3v) is 4.97. The van der Waals surface area contributed by atoms with Crippen molar-refractivity contribution in [3.8, 4) is 0 Å². The maximum Gasteiger partial charge on any atom is 0.315 e. The second kappa shape index (κ2) is 5.67. The summed E-state index contributed by atoms with van der Waals surface area (Å²) in [6.45, 7) is 1.66. The lowest BCUT2D eigenvalue weighted by Gasteiger charge is -2.46. The van der Waals surface area contributed by atoms with E-state index in [1.54, 1.807) is 10.3 Å². The van der Waals surface area contributed by atoms with Gasteiger partial charge in [0.15, 0.2) is 5.69 Å². The maximum absolute atomic E-state index is 12.1. The molecule has 11 heteroatoms. The molecule has 3 saturated heterocycles. The molecule has 4 rings (SSSR count). The second-order valence-corrected chi connectivity index (χ2v) is 6.87. The molecule has 24 heavy (non-hydrogen) atoms. The summed E-state index contributed by atoms with van der Waals surface area (Å²) in [4.78, 5) is 37.0. The summed E-state index contributed by atoms with van der Waals surface area (Å²) in [6.07, 6.45) is 0.645. The summed E-state index contributed by atoms with van der Waals surface area (Å²) >= 11 is 1.14. The Bertz CT molecular complexity index is 674. The van der Waals surface area contributed by atoms with Crippen molar-refractivity contribution in [2.45, 2.75) is 24.1 Å². The molecule has 0 saturated carbocycles. The van der Waals surface area contributed by atoms with Crippen LogP contribution in [0.25, 0.3) is 0 Å². The van der Waals surface area contributed by atoms with Crippen LogP contribution in [-0.4, -0.2) is 76.3 Å². The average molecular weight is 352 g/mol. The van der Waals surface area contributed by atoms with Crippen LogP contribution in [-0.2, 0) is 9.53 Å². The molecule has 0 aromatic carbocycles. The van der Waals surface area contributed by atoms with Crippen LogP contribution in [0.2, 0.25) is 0 Å². The fourth-order valence-electron chi connectivity index (χ4n) is 3.29. The van der Waals surface area contributed by atoms with E-state index in [0.29, 0.717) is 31.8 Å². The van der Waals surface area contributed by atoms with Crippen LogP contribution in [0.4, 0.5) is 4.79 Å². The van der Waals surface area contributed by atoms with Crippen LogP contribution in [0, 0.1) is 0 Å². The van der Waals surface area contributed by atoms with Crippen LogP contribution in [0.3, 0.4) is 0 Å². The molecule has 0 radical (unpaired) electrons. The molecule has 1 unspecified atom stereocenters. The standard InChI is InChI=1S/C13H16N6O4S/c20-10(8-2-14-12(22)16-8)15-7-1-13(23-3-7)5-19(6-13)11(21)9-4-24-18-17-9/h4,7-8H,1-3,5-6H2,(H,15,20)(H2,14,16,22)/t7?,8-/m1/s1. The number of amides is 4. The second-order valence-electron chi connectivity index (χ2n) is 6.26. The molecule has 0 bridgehead atoms. The minimum Gasteiger partial charge on any atom is -0.369 e. The van der Waals surface area contributed by atoms with Gasteiger partial charge in [-0.2, -0.15) is 0 Å². The van der Waals surface area contributed by atoms with Gasteiger partial charge in [-0.25, -0.2) is 4.79 Å². The van der Waals surface area contributed by atoms with Crippen molar-refractivity contribution in [1.82, 2.24) is 30.4 Å². The number of hydrogen-bond acceptors (Lipinski definition) is 7. The molecule has 4 amide bonds. The molecule has 3 aliphatic heterocycles. The van der Waals surface area contributed by atoms with E-state index in [1.165, 1.54) is 0 Å². The van der Waals surface area contributed by atoms with Crippen LogP contribution >= 0.6 is 11.5 Å². The van der Waals surface area contributed by atoms with Crippen molar-refractivity contribution in [3.63, 3.8) is 0 Å². The third-order valence-electron chi connectivity index (χ3n) is 4.47. The Morgan fingerprint density at radius 1 is 1.46 bits per heavy atom. The van der Waals surface area contributed by atoms with Gasteiger partial charge in [0, 0.05) is 18.3 Å². The Labute approximate surface area is 141 Å². The van der Waals surface area contributed by atoms with E-state index in [1.807, 2.05) is 0 Å². The van der Waals surface area contributed by atoms with Gasteiger partial charge in [0.05, 0.1) is 25.7 Å². The summed E-state index contributed by atoms with van der Waals surface area (Å²) < 4.78 is 9.52. The van der Waals surface area contributed by atoms with Crippen molar-refractivity contribution < 1.29 is 19.1 Å². The average Bonchev–Trinajstić information content (AvgIpc) is 3.24. The molecular formula is C13H16N6O4S. The van der Waals surface area contributed by atoms with Gasteiger partial charge in [-0.3, -0.25) is 9.59 Å². The first-order chi connectivity index (χ1) is 11.5. The van der Waals surface area contributed by atoms with Gasteiger partial charge in [-0.15, -0.1) is 5.10 Å². The summed E-state index contributed by atoms with van der Waals surface area (Å²) in [5, 5.41) is 13.4. The molecule has 128 valence electrons. The zero-order valence-corrected chi connectivity index (χ0v) is 13.5. The Morgan fingerprint density at radius 2 is 2.29 bits per heavy atom. The number of nitrogens with one attached hydrogen (secondary N) is 3. The Kier molecular flexibility index (Phi) is 3.61. The lowest BCUT2D eigenvalue weighted by Crippen LogP contribution is -2.63. The van der Waals surface area contributed by atoms with Crippen LogP contribution in [0.5, 0.6) is 0 Å². The highest BCUT2D eigenvalue weighted by molar-refractivity contribution is 7.03. The lowest BCUT2D eigenvalue weighted by molar-refractivity contribution is -0.123. The van der Waals surface area contributed by atoms with Crippen LogP contribution in [0.15, 0.2) is 5.38 Å². The van der Waals surface area contributed by atoms with E-state index in [4.69, 9.17) is 4.74 Å². The molecule has 0 aliphatic carbocycles. The van der Waals surface area contributed by atoms with Gasteiger partial charge in [-0.05, 0) is 11.5 Å². The number of likely N-dealkylation sites (tertiary alicyclic amines) is 1. The van der Waals surface area contributed by atoms with Gasteiger partial charge in [0.25, 0.3) is 5.91 Å². The highest BCUT2D eigenvalue weighted by atomic mass is 32.1. The third kappa shape index (κ3) is 2.69. The fourth-order valence-corrected chi connectivity index (χ4v) is 3.72. The minimum atomic E-state index is -0.550. The molecule has 3 aliphatic rings. The van der Waals surface area contributed by atoms with E-state index in [-0.39, 0.29) is 30.4 Å². The van der Waals surface area contributed by atoms with Gasteiger partial charge < -0.3 is 25.6 Å². The zero-order chi connectivity index (χ0) is 16.7. The largest absolute Gasteiger partial charge is 0.369 e. The summed E-state index contributed by atoms with van der Waals surface area (Å²) in [5.41, 5.74) is -0.0454. The van der Waals surface area contributed by atoms with Crippen LogP contribution < -0.4 is 16.0 Å². The van der Waals surface area contributed by atoms with E-state index >= 15 is 0 Å². The van der Waals surface area contributed by atoms with E-state index < -0.39 is 11.6 Å². The molecule has 1 aromatic rings. The number of carbonyl (C=O) groups is 3. The first-order valence-electron chi connectivity index (χ1n) is 7.60. The summed E-state index contributed by atoms with van der Waals surface area (Å²) in [6, 6.07) is -1.00. The first kappa shape index (κ1) is 15.3. The van der Waals surface area contributed by atoms with Crippen molar-refractivity contribution in [2.24, 2.45) is 0 Å². The van der Waals surface area contributed by atoms with Crippen molar-refractivity contribution in [1.29, 1.82) is 0 Å². The number of urea groups is 1. The summed E-state index contributed by atoms with van der Waals surface area (Å²) in [7, 11) is 0.